The summed E-state index contributed by atoms with van der Waals surface area (Å²) in [6.07, 6.45) is 2.26. The summed E-state index contributed by atoms with van der Waals surface area (Å²) < 4.78 is 13.4. The van der Waals surface area contributed by atoms with Gasteiger partial charge in [-0.15, -0.1) is 21.5 Å². The van der Waals surface area contributed by atoms with Crippen LogP contribution in [0, 0.1) is 0 Å². The lowest BCUT2D eigenvalue weighted by Crippen LogP contribution is -2.36. The first kappa shape index (κ1) is 23.3. The molecule has 0 bridgehead atoms. The number of nitrogens with one attached hydrogen (secondary N) is 1. The maximum atomic E-state index is 13.0. The quantitative estimate of drug-likeness (QED) is 0.467. The first-order valence-corrected chi connectivity index (χ1v) is 13.4. The summed E-state index contributed by atoms with van der Waals surface area (Å²) in [7, 11) is 0. The Kier molecular flexibility index (Phi) is 7.48. The maximum absolute atomic E-state index is 13.0. The number of carbonyl (C=O) groups is 1. The lowest BCUT2D eigenvalue weighted by molar-refractivity contribution is -0.115. The van der Waals surface area contributed by atoms with Crippen molar-refractivity contribution in [3.8, 4) is 10.7 Å². The number of morpholine rings is 1. The second-order valence-corrected chi connectivity index (χ2v) is 10.7. The van der Waals surface area contributed by atoms with Crippen LogP contribution >= 0.6 is 23.1 Å². The third-order valence-electron chi connectivity index (χ3n) is 6.03. The fourth-order valence-corrected chi connectivity index (χ4v) is 5.73. The molecule has 2 aromatic heterocycles. The minimum Gasteiger partial charge on any atom is -0.378 e. The molecule has 5 rings (SSSR count). The summed E-state index contributed by atoms with van der Waals surface area (Å²) in [5.41, 5.74) is 1.93. The van der Waals surface area contributed by atoms with Gasteiger partial charge in [0.1, 0.15) is 0 Å². The highest BCUT2D eigenvalue weighted by atomic mass is 32.2. The van der Waals surface area contributed by atoms with Crippen molar-refractivity contribution in [1.82, 2.24) is 14.8 Å². The molecule has 2 saturated heterocycles. The number of ether oxygens (including phenoxy) is 2. The average Bonchev–Trinajstić information content (AvgIpc) is 3.64. The molecule has 0 saturated carbocycles. The van der Waals surface area contributed by atoms with E-state index in [0.717, 1.165) is 73.0 Å². The molecule has 0 aliphatic carbocycles. The van der Waals surface area contributed by atoms with E-state index in [4.69, 9.17) is 9.47 Å². The third-order valence-corrected chi connectivity index (χ3v) is 7.98. The smallest absolute Gasteiger partial charge is 0.237 e. The van der Waals surface area contributed by atoms with Crippen molar-refractivity contribution in [1.29, 1.82) is 0 Å². The van der Waals surface area contributed by atoms with Gasteiger partial charge in [0, 0.05) is 31.1 Å². The molecule has 0 radical (unpaired) electrons. The Balaban J connectivity index is 1.25. The summed E-state index contributed by atoms with van der Waals surface area (Å²) in [6.45, 7) is 6.67. The Morgan fingerprint density at radius 3 is 2.74 bits per heavy atom. The van der Waals surface area contributed by atoms with Crippen LogP contribution in [0.4, 0.5) is 11.4 Å². The lowest BCUT2D eigenvalue weighted by Gasteiger charge is -2.28. The van der Waals surface area contributed by atoms with Crippen molar-refractivity contribution in [3.63, 3.8) is 0 Å². The van der Waals surface area contributed by atoms with Crippen LogP contribution in [-0.4, -0.2) is 64.9 Å². The average molecular weight is 500 g/mol. The Bertz CT molecular complexity index is 1070. The van der Waals surface area contributed by atoms with Gasteiger partial charge in [0.15, 0.2) is 11.0 Å². The van der Waals surface area contributed by atoms with Gasteiger partial charge in [-0.1, -0.05) is 17.8 Å². The number of benzene rings is 1. The molecule has 4 heterocycles. The van der Waals surface area contributed by atoms with Gasteiger partial charge in [-0.05, 0) is 55.5 Å². The van der Waals surface area contributed by atoms with Crippen molar-refractivity contribution in [2.75, 3.05) is 43.1 Å². The van der Waals surface area contributed by atoms with Crippen molar-refractivity contribution in [2.24, 2.45) is 0 Å². The van der Waals surface area contributed by atoms with Gasteiger partial charge in [-0.3, -0.25) is 9.36 Å². The molecule has 10 heteroatoms. The summed E-state index contributed by atoms with van der Waals surface area (Å²) >= 11 is 3.07. The zero-order valence-electron chi connectivity index (χ0n) is 19.2. The predicted octanol–water partition coefficient (Wildman–Crippen LogP) is 4.14. The van der Waals surface area contributed by atoms with Crippen LogP contribution in [0.2, 0.25) is 0 Å². The first-order valence-electron chi connectivity index (χ1n) is 11.7. The van der Waals surface area contributed by atoms with Crippen molar-refractivity contribution < 1.29 is 14.3 Å². The fourth-order valence-electron chi connectivity index (χ4n) is 4.15. The second-order valence-electron chi connectivity index (χ2n) is 8.42. The zero-order valence-corrected chi connectivity index (χ0v) is 20.8. The number of hydrogen-bond acceptors (Lipinski definition) is 8. The van der Waals surface area contributed by atoms with Crippen LogP contribution in [0.5, 0.6) is 0 Å². The van der Waals surface area contributed by atoms with Crippen LogP contribution in [0.3, 0.4) is 0 Å². The van der Waals surface area contributed by atoms with E-state index in [9.17, 15) is 4.79 Å². The van der Waals surface area contributed by atoms with Gasteiger partial charge < -0.3 is 19.7 Å². The molecule has 180 valence electrons. The predicted molar refractivity (Wildman–Crippen MR) is 136 cm³/mol. The van der Waals surface area contributed by atoms with Gasteiger partial charge in [-0.25, -0.2) is 0 Å². The van der Waals surface area contributed by atoms with Gasteiger partial charge in [-0.2, -0.15) is 0 Å². The number of anilines is 2. The summed E-state index contributed by atoms with van der Waals surface area (Å²) in [6, 6.07) is 12.1. The highest BCUT2D eigenvalue weighted by Crippen LogP contribution is 2.31. The normalized spacial score (nSPS) is 19.3. The Hall–Kier alpha value is -2.40. The number of amides is 1. The standard InChI is InChI=1S/C24H29N5O3S2/c1-17(23(30)25-18-6-8-19(9-7-18)28-10-13-31-14-11-28)34-24-27-26-22(21-5-3-15-33-21)29(24)16-20-4-2-12-32-20/h3,5-9,15,17,20H,2,4,10-14,16H2,1H3,(H,25,30). The van der Waals surface area contributed by atoms with Gasteiger partial charge in [0.25, 0.3) is 0 Å². The Labute approximate surface area is 207 Å². The SMILES string of the molecule is CC(Sc1nnc(-c2cccs2)n1CC1CCCO1)C(=O)Nc1ccc(N2CCOCC2)cc1. The molecule has 2 fully saturated rings. The number of thiophene rings is 1. The number of hydrogen-bond donors (Lipinski definition) is 1. The van der Waals surface area contributed by atoms with E-state index in [1.807, 2.05) is 48.7 Å². The summed E-state index contributed by atoms with van der Waals surface area (Å²) in [4.78, 5) is 16.3. The second kappa shape index (κ2) is 10.9. The number of aromatic nitrogens is 3. The van der Waals surface area contributed by atoms with Crippen LogP contribution < -0.4 is 10.2 Å². The van der Waals surface area contributed by atoms with Crippen molar-refractivity contribution in [3.05, 3.63) is 41.8 Å². The molecule has 8 nitrogen and oxygen atoms in total. The fraction of sp³-hybridized carbons (Fsp3) is 0.458. The number of thioether (sulfide) groups is 1. The molecule has 2 unspecified atom stereocenters. The molecule has 2 atom stereocenters. The minimum absolute atomic E-state index is 0.0616. The van der Waals surface area contributed by atoms with E-state index in [1.165, 1.54) is 11.8 Å². The van der Waals surface area contributed by atoms with Crippen LogP contribution in [0.25, 0.3) is 10.7 Å². The zero-order chi connectivity index (χ0) is 23.3. The molecule has 1 N–H and O–H groups in total. The molecule has 2 aliphatic rings. The lowest BCUT2D eigenvalue weighted by atomic mass is 10.2. The summed E-state index contributed by atoms with van der Waals surface area (Å²) in [5.74, 6) is 0.771. The van der Waals surface area contributed by atoms with E-state index in [0.29, 0.717) is 6.54 Å². The van der Waals surface area contributed by atoms with Gasteiger partial charge in [0.05, 0.1) is 36.0 Å². The van der Waals surface area contributed by atoms with E-state index in [2.05, 4.69) is 25.0 Å². The van der Waals surface area contributed by atoms with Crippen LogP contribution in [0.15, 0.2) is 46.9 Å². The highest BCUT2D eigenvalue weighted by molar-refractivity contribution is 8.00. The van der Waals surface area contributed by atoms with Crippen molar-refractivity contribution >= 4 is 40.4 Å². The minimum atomic E-state index is -0.331. The van der Waals surface area contributed by atoms with E-state index in [1.54, 1.807) is 11.3 Å². The summed E-state index contributed by atoms with van der Waals surface area (Å²) in [5, 5.41) is 14.4. The largest absolute Gasteiger partial charge is 0.378 e. The molecular weight excluding hydrogens is 470 g/mol. The Morgan fingerprint density at radius 2 is 2.03 bits per heavy atom. The monoisotopic (exact) mass is 499 g/mol. The first-order chi connectivity index (χ1) is 16.7. The molecule has 1 aromatic carbocycles. The Morgan fingerprint density at radius 1 is 1.21 bits per heavy atom. The molecule has 0 spiro atoms. The van der Waals surface area contributed by atoms with E-state index < -0.39 is 0 Å². The van der Waals surface area contributed by atoms with E-state index >= 15 is 0 Å². The molecule has 1 amide bonds. The molecule has 2 aliphatic heterocycles. The topological polar surface area (TPSA) is 81.5 Å². The number of rotatable bonds is 8. The molecular formula is C24H29N5O3S2. The third kappa shape index (κ3) is 5.46. The van der Waals surface area contributed by atoms with Crippen LogP contribution in [-0.2, 0) is 20.8 Å². The van der Waals surface area contributed by atoms with Gasteiger partial charge in [0.2, 0.25) is 5.91 Å². The number of carbonyl (C=O) groups excluding carboxylic acids is 1. The maximum Gasteiger partial charge on any atom is 0.237 e. The van der Waals surface area contributed by atoms with Crippen molar-refractivity contribution in [2.45, 2.75) is 42.8 Å². The van der Waals surface area contributed by atoms with E-state index in [-0.39, 0.29) is 17.3 Å². The van der Waals surface area contributed by atoms with Gasteiger partial charge >= 0.3 is 0 Å². The molecule has 3 aromatic rings. The van der Waals surface area contributed by atoms with Crippen LogP contribution in [0.1, 0.15) is 19.8 Å². The molecule has 34 heavy (non-hydrogen) atoms. The number of nitrogens with zero attached hydrogens (tertiary/aromatic N) is 4. The highest BCUT2D eigenvalue weighted by Gasteiger charge is 2.25.